The van der Waals surface area contributed by atoms with Gasteiger partial charge in [0.2, 0.25) is 0 Å². The molecule has 1 fully saturated rings. The predicted octanol–water partition coefficient (Wildman–Crippen LogP) is 5.45. The third-order valence-corrected chi connectivity index (χ3v) is 5.18. The van der Waals surface area contributed by atoms with E-state index in [2.05, 4.69) is 63.3 Å². The van der Waals surface area contributed by atoms with Crippen molar-refractivity contribution in [3.05, 3.63) is 35.9 Å². The van der Waals surface area contributed by atoms with Gasteiger partial charge in [-0.05, 0) is 69.9 Å². The fourth-order valence-electron chi connectivity index (χ4n) is 3.97. The third-order valence-electron chi connectivity index (χ3n) is 5.18. The second kappa shape index (κ2) is 8.15. The second-order valence-corrected chi connectivity index (χ2v) is 8.31. The minimum absolute atomic E-state index is 0.234. The average Bonchev–Trinajstić information content (AvgIpc) is 2.47. The number of benzene rings is 1. The average molecular weight is 302 g/mol. The van der Waals surface area contributed by atoms with E-state index in [4.69, 9.17) is 0 Å². The first-order valence-corrected chi connectivity index (χ1v) is 9.27. The van der Waals surface area contributed by atoms with E-state index in [-0.39, 0.29) is 5.54 Å². The number of hydrogen-bond acceptors (Lipinski definition) is 1. The van der Waals surface area contributed by atoms with E-state index in [0.29, 0.717) is 0 Å². The molecule has 2 rings (SSSR count). The molecule has 0 spiro atoms. The molecule has 1 nitrogen and oxygen atoms in total. The van der Waals surface area contributed by atoms with Crippen molar-refractivity contribution >= 4 is 0 Å². The Hall–Kier alpha value is -0.820. The molecule has 1 N–H and O–H groups in total. The quantitative estimate of drug-likeness (QED) is 0.736. The van der Waals surface area contributed by atoms with Gasteiger partial charge in [-0.2, -0.15) is 0 Å². The third kappa shape index (κ3) is 5.76. The number of rotatable bonds is 6. The van der Waals surface area contributed by atoms with Gasteiger partial charge in [-0.3, -0.25) is 0 Å². The maximum absolute atomic E-state index is 3.75. The molecular weight excluding hydrogens is 266 g/mol. The van der Waals surface area contributed by atoms with Crippen molar-refractivity contribution in [2.45, 2.75) is 71.8 Å². The molecular formula is C21H35N. The summed E-state index contributed by atoms with van der Waals surface area (Å²) in [6, 6.07) is 11.1. The molecule has 3 unspecified atom stereocenters. The van der Waals surface area contributed by atoms with Crippen LogP contribution in [0.2, 0.25) is 0 Å². The Kier molecular flexibility index (Phi) is 6.50. The molecule has 0 bridgehead atoms. The lowest BCUT2D eigenvalue weighted by Gasteiger charge is -2.38. The summed E-state index contributed by atoms with van der Waals surface area (Å²) in [6.07, 6.45) is 8.30. The van der Waals surface area contributed by atoms with Crippen molar-refractivity contribution in [1.29, 1.82) is 0 Å². The van der Waals surface area contributed by atoms with Crippen LogP contribution in [0.15, 0.2) is 30.3 Å². The maximum atomic E-state index is 3.75. The first-order valence-electron chi connectivity index (χ1n) is 9.27. The molecule has 0 aromatic heterocycles. The summed E-state index contributed by atoms with van der Waals surface area (Å²) in [5, 5.41) is 3.75. The lowest BCUT2D eigenvalue weighted by molar-refractivity contribution is 0.159. The number of hydrogen-bond donors (Lipinski definition) is 1. The second-order valence-electron chi connectivity index (χ2n) is 8.31. The molecule has 0 aliphatic heterocycles. The highest BCUT2D eigenvalue weighted by Crippen LogP contribution is 2.38. The minimum Gasteiger partial charge on any atom is -0.312 e. The van der Waals surface area contributed by atoms with Crippen LogP contribution < -0.4 is 5.32 Å². The Bertz CT molecular complexity index is 417. The van der Waals surface area contributed by atoms with E-state index < -0.39 is 0 Å². The van der Waals surface area contributed by atoms with E-state index in [1.54, 1.807) is 0 Å². The Balaban J connectivity index is 1.99. The highest BCUT2D eigenvalue weighted by Gasteiger charge is 2.30. The van der Waals surface area contributed by atoms with Crippen LogP contribution in [0.3, 0.4) is 0 Å². The molecule has 0 heterocycles. The predicted molar refractivity (Wildman–Crippen MR) is 97.1 cm³/mol. The van der Waals surface area contributed by atoms with Crippen molar-refractivity contribution < 1.29 is 0 Å². The van der Waals surface area contributed by atoms with Gasteiger partial charge >= 0.3 is 0 Å². The lowest BCUT2D eigenvalue weighted by Crippen LogP contribution is -2.42. The highest BCUT2D eigenvalue weighted by atomic mass is 14.9. The monoisotopic (exact) mass is 301 g/mol. The maximum Gasteiger partial charge on any atom is 0.00966 e. The summed E-state index contributed by atoms with van der Waals surface area (Å²) < 4.78 is 0. The Labute approximate surface area is 137 Å². The Morgan fingerprint density at radius 2 is 1.77 bits per heavy atom. The SMILES string of the molecule is CCCC1CCC(CNC(C)(C)C)C(Cc2ccccc2)C1. The van der Waals surface area contributed by atoms with E-state index in [9.17, 15) is 0 Å². The van der Waals surface area contributed by atoms with Crippen LogP contribution in [0.25, 0.3) is 0 Å². The molecule has 1 aromatic carbocycles. The van der Waals surface area contributed by atoms with Crippen molar-refractivity contribution in [2.24, 2.45) is 17.8 Å². The van der Waals surface area contributed by atoms with E-state index >= 15 is 0 Å². The molecule has 0 saturated heterocycles. The molecule has 1 saturated carbocycles. The van der Waals surface area contributed by atoms with Gasteiger partial charge in [0.05, 0.1) is 0 Å². The molecule has 22 heavy (non-hydrogen) atoms. The first kappa shape index (κ1) is 17.5. The van der Waals surface area contributed by atoms with Gasteiger partial charge in [-0.25, -0.2) is 0 Å². The smallest absolute Gasteiger partial charge is 0.00966 e. The van der Waals surface area contributed by atoms with Gasteiger partial charge in [0.15, 0.2) is 0 Å². The molecule has 124 valence electrons. The van der Waals surface area contributed by atoms with Crippen LogP contribution in [-0.4, -0.2) is 12.1 Å². The van der Waals surface area contributed by atoms with E-state index in [0.717, 1.165) is 17.8 Å². The van der Waals surface area contributed by atoms with Crippen LogP contribution in [0.4, 0.5) is 0 Å². The molecule has 3 atom stereocenters. The van der Waals surface area contributed by atoms with E-state index in [1.807, 2.05) is 0 Å². The van der Waals surface area contributed by atoms with Gasteiger partial charge in [-0.1, -0.05) is 56.5 Å². The van der Waals surface area contributed by atoms with Gasteiger partial charge < -0.3 is 5.32 Å². The standard InChI is InChI=1S/C21H35N/c1-5-9-17-12-13-19(16-22-21(2,3)4)20(14-17)15-18-10-7-6-8-11-18/h6-8,10-11,17,19-20,22H,5,9,12-16H2,1-4H3. The minimum atomic E-state index is 0.234. The zero-order valence-electron chi connectivity index (χ0n) is 15.1. The van der Waals surface area contributed by atoms with Gasteiger partial charge in [0.25, 0.3) is 0 Å². The van der Waals surface area contributed by atoms with Crippen LogP contribution in [0.5, 0.6) is 0 Å². The van der Waals surface area contributed by atoms with Gasteiger partial charge in [-0.15, -0.1) is 0 Å². The fraction of sp³-hybridized carbons (Fsp3) is 0.714. The highest BCUT2D eigenvalue weighted by molar-refractivity contribution is 5.15. The van der Waals surface area contributed by atoms with Crippen LogP contribution in [-0.2, 0) is 6.42 Å². The summed E-state index contributed by atoms with van der Waals surface area (Å²) in [5.74, 6) is 2.65. The summed E-state index contributed by atoms with van der Waals surface area (Å²) in [7, 11) is 0. The largest absolute Gasteiger partial charge is 0.312 e. The van der Waals surface area contributed by atoms with Crippen LogP contribution >= 0.6 is 0 Å². The fourth-order valence-corrected chi connectivity index (χ4v) is 3.97. The Morgan fingerprint density at radius 1 is 1.05 bits per heavy atom. The number of nitrogens with one attached hydrogen (secondary N) is 1. The first-order chi connectivity index (χ1) is 10.5. The topological polar surface area (TPSA) is 12.0 Å². The zero-order chi connectivity index (χ0) is 16.0. The molecule has 1 aromatic rings. The van der Waals surface area contributed by atoms with Crippen molar-refractivity contribution in [3.63, 3.8) is 0 Å². The summed E-state index contributed by atoms with van der Waals surface area (Å²) in [4.78, 5) is 0. The molecule has 1 aliphatic carbocycles. The van der Waals surface area contributed by atoms with Crippen LogP contribution in [0, 0.1) is 17.8 Å². The summed E-state index contributed by atoms with van der Waals surface area (Å²) >= 11 is 0. The zero-order valence-corrected chi connectivity index (χ0v) is 15.1. The van der Waals surface area contributed by atoms with Crippen molar-refractivity contribution in [1.82, 2.24) is 5.32 Å². The lowest BCUT2D eigenvalue weighted by atomic mass is 9.70. The Morgan fingerprint density at radius 3 is 2.41 bits per heavy atom. The summed E-state index contributed by atoms with van der Waals surface area (Å²) in [5.41, 5.74) is 1.75. The van der Waals surface area contributed by atoms with Crippen molar-refractivity contribution in [3.8, 4) is 0 Å². The van der Waals surface area contributed by atoms with Crippen molar-refractivity contribution in [2.75, 3.05) is 6.54 Å². The normalized spacial score (nSPS) is 26.1. The molecule has 0 radical (unpaired) electrons. The van der Waals surface area contributed by atoms with E-state index in [1.165, 1.54) is 50.6 Å². The summed E-state index contributed by atoms with van der Waals surface area (Å²) in [6.45, 7) is 10.4. The molecule has 1 heteroatoms. The molecule has 1 aliphatic rings. The van der Waals surface area contributed by atoms with Gasteiger partial charge in [0, 0.05) is 5.54 Å². The van der Waals surface area contributed by atoms with Gasteiger partial charge in [0.1, 0.15) is 0 Å². The molecule has 0 amide bonds. The van der Waals surface area contributed by atoms with Crippen LogP contribution in [0.1, 0.15) is 65.4 Å².